The maximum atomic E-state index is 13.0. The van der Waals surface area contributed by atoms with Gasteiger partial charge < -0.3 is 15.8 Å². The Bertz CT molecular complexity index is 295. The van der Waals surface area contributed by atoms with E-state index in [0.717, 1.165) is 12.6 Å². The number of nitrogens with one attached hydrogen (secondary N) is 1. The van der Waals surface area contributed by atoms with E-state index in [1.54, 1.807) is 7.11 Å². The van der Waals surface area contributed by atoms with Crippen LogP contribution >= 0.6 is 0 Å². The van der Waals surface area contributed by atoms with E-state index >= 15 is 0 Å². The Labute approximate surface area is 81.5 Å². The third-order valence-corrected chi connectivity index (χ3v) is 1.58. The summed E-state index contributed by atoms with van der Waals surface area (Å²) in [5.41, 5.74) is 5.30. The highest BCUT2D eigenvalue weighted by Crippen LogP contribution is 2.09. The summed E-state index contributed by atoms with van der Waals surface area (Å²) >= 11 is 0. The van der Waals surface area contributed by atoms with Gasteiger partial charge in [-0.2, -0.15) is 4.98 Å². The van der Waals surface area contributed by atoms with Crippen molar-refractivity contribution in [3.63, 3.8) is 0 Å². The molecule has 0 spiro atoms. The van der Waals surface area contributed by atoms with Crippen molar-refractivity contribution in [1.29, 1.82) is 0 Å². The van der Waals surface area contributed by atoms with Gasteiger partial charge >= 0.3 is 0 Å². The number of nitrogens with two attached hydrogens (primary N) is 1. The molecule has 0 unspecified atom stereocenters. The minimum Gasteiger partial charge on any atom is -0.385 e. The van der Waals surface area contributed by atoms with Crippen LogP contribution in [0.2, 0.25) is 0 Å². The van der Waals surface area contributed by atoms with Crippen LogP contribution in [0.15, 0.2) is 6.20 Å². The van der Waals surface area contributed by atoms with E-state index in [1.165, 1.54) is 0 Å². The van der Waals surface area contributed by atoms with Gasteiger partial charge in [0.15, 0.2) is 11.6 Å². The molecule has 1 aromatic rings. The predicted molar refractivity (Wildman–Crippen MR) is 51.4 cm³/mol. The van der Waals surface area contributed by atoms with E-state index in [2.05, 4.69) is 15.3 Å². The summed E-state index contributed by atoms with van der Waals surface area (Å²) in [6.45, 7) is 1.20. The minimum atomic E-state index is -0.503. The summed E-state index contributed by atoms with van der Waals surface area (Å²) in [7, 11) is 1.61. The van der Waals surface area contributed by atoms with E-state index < -0.39 is 5.82 Å². The van der Waals surface area contributed by atoms with Gasteiger partial charge in [-0.3, -0.25) is 0 Å². The highest BCUT2D eigenvalue weighted by Gasteiger charge is 2.03. The smallest absolute Gasteiger partial charge is 0.222 e. The monoisotopic (exact) mass is 200 g/mol. The molecule has 6 heteroatoms. The van der Waals surface area contributed by atoms with Crippen molar-refractivity contribution in [2.45, 2.75) is 6.42 Å². The average Bonchev–Trinajstić information content (AvgIpc) is 2.18. The summed E-state index contributed by atoms with van der Waals surface area (Å²) in [5.74, 6) is -0.314. The quantitative estimate of drug-likeness (QED) is 0.682. The van der Waals surface area contributed by atoms with Crippen LogP contribution in [0.1, 0.15) is 6.42 Å². The number of rotatable bonds is 5. The van der Waals surface area contributed by atoms with Crippen molar-refractivity contribution in [3.8, 4) is 0 Å². The van der Waals surface area contributed by atoms with Crippen LogP contribution in [-0.4, -0.2) is 30.2 Å². The first-order valence-corrected chi connectivity index (χ1v) is 4.25. The zero-order valence-electron chi connectivity index (χ0n) is 7.96. The highest BCUT2D eigenvalue weighted by molar-refractivity contribution is 5.38. The second-order valence-corrected chi connectivity index (χ2v) is 2.70. The van der Waals surface area contributed by atoms with Crippen LogP contribution in [0.4, 0.5) is 16.2 Å². The van der Waals surface area contributed by atoms with Crippen LogP contribution in [0.5, 0.6) is 0 Å². The molecule has 14 heavy (non-hydrogen) atoms. The third kappa shape index (κ3) is 3.14. The molecule has 0 aliphatic rings. The van der Waals surface area contributed by atoms with E-state index in [0.29, 0.717) is 13.2 Å². The standard InChI is InChI=1S/C8H13FN4O/c1-14-4-2-3-11-7-6(9)5-12-8(10)13-7/h5H,2-4H2,1H3,(H3,10,11,12,13). The van der Waals surface area contributed by atoms with Gasteiger partial charge in [-0.15, -0.1) is 0 Å². The molecular formula is C8H13FN4O. The lowest BCUT2D eigenvalue weighted by Crippen LogP contribution is -2.09. The first-order valence-electron chi connectivity index (χ1n) is 4.25. The molecule has 0 amide bonds. The van der Waals surface area contributed by atoms with Gasteiger partial charge in [0.2, 0.25) is 5.95 Å². The fourth-order valence-corrected chi connectivity index (χ4v) is 0.928. The van der Waals surface area contributed by atoms with Crippen LogP contribution in [-0.2, 0) is 4.74 Å². The van der Waals surface area contributed by atoms with Gasteiger partial charge in [0.25, 0.3) is 0 Å². The Hall–Kier alpha value is -1.43. The molecule has 0 atom stereocenters. The molecule has 0 aromatic carbocycles. The zero-order valence-corrected chi connectivity index (χ0v) is 7.96. The summed E-state index contributed by atoms with van der Waals surface area (Å²) in [6, 6.07) is 0. The van der Waals surface area contributed by atoms with Crippen molar-refractivity contribution in [3.05, 3.63) is 12.0 Å². The highest BCUT2D eigenvalue weighted by atomic mass is 19.1. The van der Waals surface area contributed by atoms with Gasteiger partial charge in [-0.05, 0) is 6.42 Å². The molecule has 0 aliphatic heterocycles. The molecule has 1 aromatic heterocycles. The van der Waals surface area contributed by atoms with Crippen LogP contribution in [0.3, 0.4) is 0 Å². The Morgan fingerprint density at radius 3 is 3.14 bits per heavy atom. The number of ether oxygens (including phenoxy) is 1. The third-order valence-electron chi connectivity index (χ3n) is 1.58. The second kappa shape index (κ2) is 5.33. The van der Waals surface area contributed by atoms with E-state index in [9.17, 15) is 4.39 Å². The normalized spacial score (nSPS) is 10.1. The first-order chi connectivity index (χ1) is 6.74. The van der Waals surface area contributed by atoms with Gasteiger partial charge in [0.05, 0.1) is 6.20 Å². The molecule has 1 rings (SSSR count). The van der Waals surface area contributed by atoms with Gasteiger partial charge in [0.1, 0.15) is 0 Å². The number of nitrogen functional groups attached to an aromatic ring is 1. The lowest BCUT2D eigenvalue weighted by Gasteiger charge is -2.05. The molecule has 5 nitrogen and oxygen atoms in total. The van der Waals surface area contributed by atoms with Crippen molar-refractivity contribution in [2.24, 2.45) is 0 Å². The van der Waals surface area contributed by atoms with Gasteiger partial charge in [-0.25, -0.2) is 9.37 Å². The Morgan fingerprint density at radius 2 is 2.43 bits per heavy atom. The van der Waals surface area contributed by atoms with Crippen LogP contribution in [0, 0.1) is 5.82 Å². The maximum Gasteiger partial charge on any atom is 0.222 e. The molecule has 1 heterocycles. The van der Waals surface area contributed by atoms with Crippen molar-refractivity contribution in [2.75, 3.05) is 31.3 Å². The fraction of sp³-hybridized carbons (Fsp3) is 0.500. The van der Waals surface area contributed by atoms with Crippen LogP contribution in [0.25, 0.3) is 0 Å². The van der Waals surface area contributed by atoms with Crippen LogP contribution < -0.4 is 11.1 Å². The lowest BCUT2D eigenvalue weighted by atomic mass is 10.4. The SMILES string of the molecule is COCCCNc1nc(N)ncc1F. The average molecular weight is 200 g/mol. The number of methoxy groups -OCH3 is 1. The molecule has 0 fully saturated rings. The number of aromatic nitrogens is 2. The Morgan fingerprint density at radius 1 is 1.64 bits per heavy atom. The zero-order chi connectivity index (χ0) is 10.4. The Balaban J connectivity index is 2.45. The number of halogens is 1. The first kappa shape index (κ1) is 10.6. The largest absolute Gasteiger partial charge is 0.385 e. The number of anilines is 2. The number of hydrogen-bond acceptors (Lipinski definition) is 5. The maximum absolute atomic E-state index is 13.0. The lowest BCUT2D eigenvalue weighted by molar-refractivity contribution is 0.197. The van der Waals surface area contributed by atoms with E-state index in [-0.39, 0.29) is 11.8 Å². The van der Waals surface area contributed by atoms with Crippen molar-refractivity contribution < 1.29 is 9.13 Å². The van der Waals surface area contributed by atoms with E-state index in [4.69, 9.17) is 10.5 Å². The topological polar surface area (TPSA) is 73.1 Å². The van der Waals surface area contributed by atoms with E-state index in [1.807, 2.05) is 0 Å². The molecule has 0 saturated heterocycles. The second-order valence-electron chi connectivity index (χ2n) is 2.70. The summed E-state index contributed by atoms with van der Waals surface area (Å²) in [6.07, 6.45) is 1.82. The minimum absolute atomic E-state index is 0.0561. The Kier molecular flexibility index (Phi) is 4.06. The number of nitrogens with zero attached hydrogens (tertiary/aromatic N) is 2. The molecule has 0 saturated carbocycles. The molecule has 78 valence electrons. The summed E-state index contributed by atoms with van der Waals surface area (Å²) in [5, 5.41) is 2.80. The molecular weight excluding hydrogens is 187 g/mol. The fourth-order valence-electron chi connectivity index (χ4n) is 0.928. The van der Waals surface area contributed by atoms with Crippen molar-refractivity contribution >= 4 is 11.8 Å². The molecule has 3 N–H and O–H groups in total. The van der Waals surface area contributed by atoms with Gasteiger partial charge in [-0.1, -0.05) is 0 Å². The summed E-state index contributed by atoms with van der Waals surface area (Å²) in [4.78, 5) is 7.22. The van der Waals surface area contributed by atoms with Gasteiger partial charge in [0, 0.05) is 20.3 Å². The number of hydrogen-bond donors (Lipinski definition) is 2. The predicted octanol–water partition coefficient (Wildman–Crippen LogP) is 0.646. The molecule has 0 bridgehead atoms. The summed E-state index contributed by atoms with van der Waals surface area (Å²) < 4.78 is 17.8. The molecule has 0 radical (unpaired) electrons. The molecule has 0 aliphatic carbocycles. The van der Waals surface area contributed by atoms with Crippen molar-refractivity contribution in [1.82, 2.24) is 9.97 Å².